The molecule has 0 aliphatic heterocycles. The van der Waals surface area contributed by atoms with Crippen LogP contribution in [0.25, 0.3) is 10.2 Å². The third-order valence-corrected chi connectivity index (χ3v) is 3.34. The summed E-state index contributed by atoms with van der Waals surface area (Å²) in [6.07, 6.45) is 0. The number of aromatic amines is 1. The fourth-order valence-electron chi connectivity index (χ4n) is 1.53. The summed E-state index contributed by atoms with van der Waals surface area (Å²) in [5.74, 6) is -0.385. The number of nitrogens with zero attached hydrogens (tertiary/aromatic N) is 1. The Bertz CT molecular complexity index is 695. The van der Waals surface area contributed by atoms with Crippen LogP contribution in [0.3, 0.4) is 0 Å². The highest BCUT2D eigenvalue weighted by atomic mass is 32.1. The number of aromatic nitrogens is 2. The number of likely N-dealkylation sites (N-methyl/N-ethyl adjacent to an activating group) is 1. The van der Waals surface area contributed by atoms with Crippen LogP contribution in [0.15, 0.2) is 15.7 Å². The molecule has 0 aromatic carbocycles. The second kappa shape index (κ2) is 4.17. The van der Waals surface area contributed by atoms with Crippen molar-refractivity contribution in [1.29, 1.82) is 0 Å². The van der Waals surface area contributed by atoms with Crippen LogP contribution in [0.2, 0.25) is 0 Å². The molecule has 0 spiro atoms. The summed E-state index contributed by atoms with van der Waals surface area (Å²) in [4.78, 5) is 38.9. The molecular weight excluding hydrogens is 242 g/mol. The van der Waals surface area contributed by atoms with Crippen LogP contribution in [-0.4, -0.2) is 22.5 Å². The number of rotatable bonds is 2. The quantitative estimate of drug-likeness (QED) is 0.777. The highest BCUT2D eigenvalue weighted by molar-refractivity contribution is 7.18. The monoisotopic (exact) mass is 253 g/mol. The molecule has 2 aromatic heterocycles. The maximum atomic E-state index is 12.0. The first-order valence-corrected chi connectivity index (χ1v) is 5.78. The Morgan fingerprint density at radius 1 is 1.53 bits per heavy atom. The number of hydrogen-bond donors (Lipinski definition) is 2. The second-order valence-electron chi connectivity index (χ2n) is 3.59. The Kier molecular flexibility index (Phi) is 2.84. The number of H-pyrrole nitrogens is 1. The van der Waals surface area contributed by atoms with Gasteiger partial charge in [0.25, 0.3) is 5.56 Å². The van der Waals surface area contributed by atoms with Crippen LogP contribution in [0.1, 0.15) is 4.88 Å². The number of carbonyl (C=O) groups is 1. The van der Waals surface area contributed by atoms with Gasteiger partial charge < -0.3 is 5.32 Å². The van der Waals surface area contributed by atoms with Crippen LogP contribution in [0.5, 0.6) is 0 Å². The second-order valence-corrected chi connectivity index (χ2v) is 4.85. The van der Waals surface area contributed by atoms with Crippen molar-refractivity contribution >= 4 is 27.5 Å². The fourth-order valence-corrected chi connectivity index (χ4v) is 2.43. The predicted octanol–water partition coefficient (Wildman–Crippen LogP) is -0.194. The maximum absolute atomic E-state index is 12.0. The number of fused-ring (bicyclic) bond motifs is 1. The molecule has 90 valence electrons. The van der Waals surface area contributed by atoms with Gasteiger partial charge >= 0.3 is 5.69 Å². The number of hydrogen-bond acceptors (Lipinski definition) is 4. The smallest absolute Gasteiger partial charge is 0.329 e. The molecule has 0 atom stereocenters. The fraction of sp³-hybridized carbons (Fsp3) is 0.300. The molecule has 0 radical (unpaired) electrons. The molecule has 0 saturated carbocycles. The summed E-state index contributed by atoms with van der Waals surface area (Å²) < 4.78 is 0.896. The molecule has 17 heavy (non-hydrogen) atoms. The first-order chi connectivity index (χ1) is 8.02. The molecule has 2 aromatic rings. The van der Waals surface area contributed by atoms with Crippen molar-refractivity contribution in [2.24, 2.45) is 0 Å². The molecule has 0 aliphatic carbocycles. The molecule has 2 rings (SSSR count). The lowest BCUT2D eigenvalue weighted by atomic mass is 10.3. The minimum absolute atomic E-state index is 0.268. The number of amides is 1. The summed E-state index contributed by atoms with van der Waals surface area (Å²) in [7, 11) is 1.45. The molecule has 6 nitrogen and oxygen atoms in total. The van der Waals surface area contributed by atoms with Gasteiger partial charge in [-0.2, -0.15) is 0 Å². The lowest BCUT2D eigenvalue weighted by molar-refractivity contribution is -0.121. The maximum Gasteiger partial charge on any atom is 0.329 e. The van der Waals surface area contributed by atoms with E-state index in [9.17, 15) is 14.4 Å². The van der Waals surface area contributed by atoms with E-state index in [1.165, 1.54) is 18.4 Å². The molecule has 1 amide bonds. The molecule has 0 bridgehead atoms. The molecule has 0 aliphatic rings. The number of nitrogens with one attached hydrogen (secondary N) is 2. The number of carbonyl (C=O) groups excluding carboxylic acids is 1. The van der Waals surface area contributed by atoms with Crippen molar-refractivity contribution in [3.05, 3.63) is 31.8 Å². The standard InChI is InChI=1S/C10H11N3O3S/c1-5-3-6-8(17-5)12-10(16)13(9(6)15)4-7(14)11-2/h3H,4H2,1-2H3,(H,11,14)(H,12,16). The Labute approximate surface area is 99.9 Å². The lowest BCUT2D eigenvalue weighted by Gasteiger charge is -2.02. The zero-order chi connectivity index (χ0) is 12.6. The van der Waals surface area contributed by atoms with Gasteiger partial charge in [-0.1, -0.05) is 0 Å². The van der Waals surface area contributed by atoms with Crippen LogP contribution in [0, 0.1) is 6.92 Å². The topological polar surface area (TPSA) is 84.0 Å². The van der Waals surface area contributed by atoms with Crippen molar-refractivity contribution in [1.82, 2.24) is 14.9 Å². The largest absolute Gasteiger partial charge is 0.358 e. The van der Waals surface area contributed by atoms with E-state index >= 15 is 0 Å². The zero-order valence-electron chi connectivity index (χ0n) is 9.36. The molecule has 0 unspecified atom stereocenters. The Morgan fingerprint density at radius 2 is 2.24 bits per heavy atom. The van der Waals surface area contributed by atoms with Crippen LogP contribution in [0.4, 0.5) is 0 Å². The Hall–Kier alpha value is -1.89. The highest BCUT2D eigenvalue weighted by Crippen LogP contribution is 2.18. The van der Waals surface area contributed by atoms with Gasteiger partial charge in [-0.3, -0.25) is 19.1 Å². The van der Waals surface area contributed by atoms with Gasteiger partial charge in [0.1, 0.15) is 11.4 Å². The van der Waals surface area contributed by atoms with Gasteiger partial charge in [0, 0.05) is 11.9 Å². The third-order valence-electron chi connectivity index (χ3n) is 2.38. The lowest BCUT2D eigenvalue weighted by Crippen LogP contribution is -2.39. The van der Waals surface area contributed by atoms with E-state index in [2.05, 4.69) is 10.3 Å². The van der Waals surface area contributed by atoms with Crippen LogP contribution < -0.4 is 16.6 Å². The van der Waals surface area contributed by atoms with Gasteiger partial charge in [0.15, 0.2) is 0 Å². The van der Waals surface area contributed by atoms with Crippen LogP contribution >= 0.6 is 11.3 Å². The molecule has 0 saturated heterocycles. The number of aryl methyl sites for hydroxylation is 1. The molecule has 2 heterocycles. The van der Waals surface area contributed by atoms with Crippen molar-refractivity contribution in [2.45, 2.75) is 13.5 Å². The normalized spacial score (nSPS) is 10.7. The van der Waals surface area contributed by atoms with Crippen LogP contribution in [-0.2, 0) is 11.3 Å². The Balaban J connectivity index is 2.67. The molecule has 0 fully saturated rings. The third kappa shape index (κ3) is 2.01. The van der Waals surface area contributed by atoms with E-state index in [1.54, 1.807) is 6.07 Å². The summed E-state index contributed by atoms with van der Waals surface area (Å²) in [5.41, 5.74) is -0.996. The van der Waals surface area contributed by atoms with Gasteiger partial charge in [-0.25, -0.2) is 4.79 Å². The highest BCUT2D eigenvalue weighted by Gasteiger charge is 2.11. The van der Waals surface area contributed by atoms with Crippen molar-refractivity contribution in [3.63, 3.8) is 0 Å². The van der Waals surface area contributed by atoms with Gasteiger partial charge in [0.2, 0.25) is 5.91 Å². The minimum atomic E-state index is -0.562. The van der Waals surface area contributed by atoms with Gasteiger partial charge in [-0.05, 0) is 13.0 Å². The zero-order valence-corrected chi connectivity index (χ0v) is 10.2. The minimum Gasteiger partial charge on any atom is -0.358 e. The average Bonchev–Trinajstić information content (AvgIpc) is 2.64. The first kappa shape index (κ1) is 11.6. The summed E-state index contributed by atoms with van der Waals surface area (Å²) in [6, 6.07) is 1.71. The SMILES string of the molecule is CNC(=O)Cn1c(=O)[nH]c2sc(C)cc2c1=O. The van der Waals surface area contributed by atoms with E-state index in [1.807, 2.05) is 6.92 Å². The number of thiophene rings is 1. The first-order valence-electron chi connectivity index (χ1n) is 4.96. The van der Waals surface area contributed by atoms with Crippen molar-refractivity contribution in [3.8, 4) is 0 Å². The van der Waals surface area contributed by atoms with E-state index in [-0.39, 0.29) is 12.5 Å². The summed E-state index contributed by atoms with van der Waals surface area (Å²) >= 11 is 1.34. The van der Waals surface area contributed by atoms with Crippen molar-refractivity contribution < 1.29 is 4.79 Å². The van der Waals surface area contributed by atoms with E-state index in [0.717, 1.165) is 9.44 Å². The summed E-state index contributed by atoms with van der Waals surface area (Å²) in [5, 5.41) is 2.81. The molecule has 7 heteroatoms. The Morgan fingerprint density at radius 3 is 2.88 bits per heavy atom. The average molecular weight is 253 g/mol. The van der Waals surface area contributed by atoms with Crippen molar-refractivity contribution in [2.75, 3.05) is 7.05 Å². The predicted molar refractivity (Wildman–Crippen MR) is 65.5 cm³/mol. The van der Waals surface area contributed by atoms with E-state index in [4.69, 9.17) is 0 Å². The van der Waals surface area contributed by atoms with Gasteiger partial charge in [0.05, 0.1) is 5.39 Å². The van der Waals surface area contributed by atoms with Gasteiger partial charge in [-0.15, -0.1) is 11.3 Å². The van der Waals surface area contributed by atoms with E-state index in [0.29, 0.717) is 10.2 Å². The molecular formula is C10H11N3O3S. The van der Waals surface area contributed by atoms with E-state index < -0.39 is 11.2 Å². The summed E-state index contributed by atoms with van der Waals surface area (Å²) in [6.45, 7) is 1.58. The molecule has 2 N–H and O–H groups in total.